The maximum atomic E-state index is 13.5. The third-order valence-electron chi connectivity index (χ3n) is 7.13. The highest BCUT2D eigenvalue weighted by Crippen LogP contribution is 2.37. The van der Waals surface area contributed by atoms with Crippen LogP contribution in [0.4, 0.5) is 0 Å². The van der Waals surface area contributed by atoms with Crippen molar-refractivity contribution in [2.75, 3.05) is 0 Å². The molecule has 0 N–H and O–H groups in total. The maximum Gasteiger partial charge on any atom is 0.312 e. The summed E-state index contributed by atoms with van der Waals surface area (Å²) in [5, 5.41) is 1.65. The molecule has 0 unspecified atom stereocenters. The van der Waals surface area contributed by atoms with E-state index in [1.54, 1.807) is 42.5 Å². The largest absolute Gasteiger partial charge is 0.380 e. The van der Waals surface area contributed by atoms with Gasteiger partial charge in [0, 0.05) is 21.9 Å². The molecule has 0 atom stereocenters. The molecule has 2 aliphatic carbocycles. The Balaban J connectivity index is 1.43. The summed E-state index contributed by atoms with van der Waals surface area (Å²) in [5.74, 6) is -1.59. The minimum atomic E-state index is -3.83. The van der Waals surface area contributed by atoms with Gasteiger partial charge in [0.25, 0.3) is 0 Å². The van der Waals surface area contributed by atoms with Crippen molar-refractivity contribution in [3.05, 3.63) is 83.6 Å². The van der Waals surface area contributed by atoms with E-state index in [1.807, 2.05) is 24.3 Å². The molecule has 0 spiro atoms. The number of hydrogen-bond acceptors (Lipinski definition) is 6. The fourth-order valence-corrected chi connectivity index (χ4v) is 6.79. The van der Waals surface area contributed by atoms with Crippen LogP contribution in [0.1, 0.15) is 64.4 Å². The lowest BCUT2D eigenvalue weighted by Gasteiger charge is -2.23. The zero-order valence-electron chi connectivity index (χ0n) is 18.9. The first-order chi connectivity index (χ1) is 16.9. The Kier molecular flexibility index (Phi) is 5.18. The van der Waals surface area contributed by atoms with E-state index in [0.717, 1.165) is 24.6 Å². The lowest BCUT2D eigenvalue weighted by molar-refractivity contribution is 0.0854. The van der Waals surface area contributed by atoms with E-state index in [2.05, 4.69) is 4.98 Å². The highest BCUT2D eigenvalue weighted by Gasteiger charge is 2.38. The lowest BCUT2D eigenvalue weighted by Crippen LogP contribution is -2.28. The molecule has 0 aliphatic heterocycles. The van der Waals surface area contributed by atoms with Gasteiger partial charge < -0.3 is 4.18 Å². The van der Waals surface area contributed by atoms with Crippen LogP contribution < -0.4 is 4.18 Å². The molecule has 176 valence electrons. The molecule has 3 aromatic carbocycles. The third kappa shape index (κ3) is 3.62. The van der Waals surface area contributed by atoms with E-state index in [9.17, 15) is 18.0 Å². The number of ketones is 2. The SMILES string of the molecule is O=C1c2cccc3cccc(c23)C(=O)C1c1ccc2cccc(OS(=O)(=O)C3CCCCC3)c2n1. The minimum Gasteiger partial charge on any atom is -0.380 e. The van der Waals surface area contributed by atoms with Crippen LogP contribution in [0.2, 0.25) is 0 Å². The number of hydrogen-bond donors (Lipinski definition) is 0. The fraction of sp³-hybridized carbons (Fsp3) is 0.250. The number of nitrogens with zero attached hydrogens (tertiary/aromatic N) is 1. The minimum absolute atomic E-state index is 0.119. The van der Waals surface area contributed by atoms with E-state index in [1.165, 1.54) is 0 Å². The number of benzene rings is 3. The predicted molar refractivity (Wildman–Crippen MR) is 134 cm³/mol. The molecular weight excluding hydrogens is 462 g/mol. The monoisotopic (exact) mass is 485 g/mol. The number of Topliss-reactive ketones (excluding diaryl/α,β-unsaturated/α-hetero) is 2. The summed E-state index contributed by atoms with van der Waals surface area (Å²) in [6, 6.07) is 19.3. The molecule has 6 rings (SSSR count). The van der Waals surface area contributed by atoms with Crippen LogP contribution in [-0.2, 0) is 10.1 Å². The van der Waals surface area contributed by atoms with Gasteiger partial charge in [0.15, 0.2) is 17.3 Å². The van der Waals surface area contributed by atoms with Crippen molar-refractivity contribution < 1.29 is 22.2 Å². The van der Waals surface area contributed by atoms with Gasteiger partial charge in [-0.15, -0.1) is 0 Å². The molecule has 7 heteroatoms. The summed E-state index contributed by atoms with van der Waals surface area (Å²) in [5.41, 5.74) is 1.59. The van der Waals surface area contributed by atoms with Gasteiger partial charge in [-0.3, -0.25) is 9.59 Å². The van der Waals surface area contributed by atoms with E-state index in [-0.39, 0.29) is 23.0 Å². The van der Waals surface area contributed by atoms with Crippen LogP contribution in [-0.4, -0.2) is 30.2 Å². The molecule has 1 fully saturated rings. The Morgan fingerprint density at radius 3 is 2.06 bits per heavy atom. The fourth-order valence-electron chi connectivity index (χ4n) is 5.36. The molecule has 6 nitrogen and oxygen atoms in total. The topological polar surface area (TPSA) is 90.4 Å². The number of carbonyl (C=O) groups excluding carboxylic acids is 2. The second-order valence-corrected chi connectivity index (χ2v) is 11.1. The molecule has 1 heterocycles. The van der Waals surface area contributed by atoms with E-state index in [0.29, 0.717) is 40.3 Å². The zero-order valence-corrected chi connectivity index (χ0v) is 19.8. The summed E-state index contributed by atoms with van der Waals surface area (Å²) in [6.07, 6.45) is 3.94. The number of aromatic nitrogens is 1. The van der Waals surface area contributed by atoms with Gasteiger partial charge in [-0.1, -0.05) is 73.9 Å². The van der Waals surface area contributed by atoms with Gasteiger partial charge in [0.05, 0.1) is 10.9 Å². The van der Waals surface area contributed by atoms with Gasteiger partial charge in [0.1, 0.15) is 11.4 Å². The molecule has 0 saturated heterocycles. The van der Waals surface area contributed by atoms with Crippen molar-refractivity contribution in [3.8, 4) is 5.75 Å². The van der Waals surface area contributed by atoms with E-state index in [4.69, 9.17) is 4.18 Å². The molecule has 2 aliphatic rings. The normalized spacial score (nSPS) is 17.3. The standard InChI is InChI=1S/C28H23NO5S/c30-27-20-12-4-7-17-8-5-13-21(24(17)20)28(31)25(27)22-16-15-18-9-6-14-23(26(18)29-22)34-35(32,33)19-10-2-1-3-11-19/h4-9,12-16,19,25H,1-3,10-11H2. The van der Waals surface area contributed by atoms with Gasteiger partial charge in [-0.25, -0.2) is 4.98 Å². The highest BCUT2D eigenvalue weighted by molar-refractivity contribution is 7.87. The van der Waals surface area contributed by atoms with Crippen molar-refractivity contribution in [3.63, 3.8) is 0 Å². The van der Waals surface area contributed by atoms with Gasteiger partial charge >= 0.3 is 10.1 Å². The second kappa shape index (κ2) is 8.27. The van der Waals surface area contributed by atoms with Gasteiger partial charge in [-0.05, 0) is 30.4 Å². The van der Waals surface area contributed by atoms with Crippen molar-refractivity contribution in [2.45, 2.75) is 43.3 Å². The van der Waals surface area contributed by atoms with Crippen molar-refractivity contribution >= 4 is 43.4 Å². The van der Waals surface area contributed by atoms with Crippen LogP contribution in [0.5, 0.6) is 5.75 Å². The average molecular weight is 486 g/mol. The number of pyridine rings is 1. The summed E-state index contributed by atoms with van der Waals surface area (Å²) >= 11 is 0. The molecule has 0 bridgehead atoms. The van der Waals surface area contributed by atoms with Gasteiger partial charge in [0.2, 0.25) is 0 Å². The van der Waals surface area contributed by atoms with E-state index < -0.39 is 21.3 Å². The quantitative estimate of drug-likeness (QED) is 0.276. The third-order valence-corrected chi connectivity index (χ3v) is 8.83. The molecule has 0 amide bonds. The Hall–Kier alpha value is -3.58. The first-order valence-electron chi connectivity index (χ1n) is 11.9. The molecule has 1 aromatic heterocycles. The van der Waals surface area contributed by atoms with Crippen LogP contribution >= 0.6 is 0 Å². The molecular formula is C28H23NO5S. The summed E-state index contributed by atoms with van der Waals surface area (Å²) < 4.78 is 31.5. The van der Waals surface area contributed by atoms with Crippen LogP contribution in [0.25, 0.3) is 21.7 Å². The van der Waals surface area contributed by atoms with Crippen LogP contribution in [0.15, 0.2) is 66.7 Å². The van der Waals surface area contributed by atoms with Crippen LogP contribution in [0.3, 0.4) is 0 Å². The Bertz CT molecular complexity index is 1570. The lowest BCUT2D eigenvalue weighted by atomic mass is 9.78. The molecule has 4 aromatic rings. The number of rotatable bonds is 4. The number of carbonyl (C=O) groups is 2. The second-order valence-electron chi connectivity index (χ2n) is 9.27. The summed E-state index contributed by atoms with van der Waals surface area (Å²) in [7, 11) is -3.83. The van der Waals surface area contributed by atoms with Crippen LogP contribution in [0, 0.1) is 0 Å². The first kappa shape index (κ1) is 21.9. The predicted octanol–water partition coefficient (Wildman–Crippen LogP) is 5.59. The van der Waals surface area contributed by atoms with Gasteiger partial charge in [-0.2, -0.15) is 8.42 Å². The Labute approximate surface area is 203 Å². The Morgan fingerprint density at radius 1 is 0.743 bits per heavy atom. The average Bonchev–Trinajstić information content (AvgIpc) is 2.88. The first-order valence-corrected chi connectivity index (χ1v) is 13.3. The summed E-state index contributed by atoms with van der Waals surface area (Å²) in [4.78, 5) is 31.6. The summed E-state index contributed by atoms with van der Waals surface area (Å²) in [6.45, 7) is 0. The highest BCUT2D eigenvalue weighted by atomic mass is 32.2. The zero-order chi connectivity index (χ0) is 24.2. The number of fused-ring (bicyclic) bond motifs is 1. The number of para-hydroxylation sites is 1. The maximum absolute atomic E-state index is 13.5. The Morgan fingerprint density at radius 2 is 1.37 bits per heavy atom. The van der Waals surface area contributed by atoms with Crippen molar-refractivity contribution in [1.82, 2.24) is 4.98 Å². The molecule has 35 heavy (non-hydrogen) atoms. The molecule has 1 saturated carbocycles. The smallest absolute Gasteiger partial charge is 0.312 e. The van der Waals surface area contributed by atoms with E-state index >= 15 is 0 Å². The molecule has 0 radical (unpaired) electrons. The van der Waals surface area contributed by atoms with Crippen molar-refractivity contribution in [1.29, 1.82) is 0 Å². The van der Waals surface area contributed by atoms with Crippen molar-refractivity contribution in [2.24, 2.45) is 0 Å².